The summed E-state index contributed by atoms with van der Waals surface area (Å²) in [5.74, 6) is 0. The highest BCUT2D eigenvalue weighted by Crippen LogP contribution is 2.22. The van der Waals surface area contributed by atoms with Gasteiger partial charge in [0.15, 0.2) is 6.29 Å². The van der Waals surface area contributed by atoms with Crippen LogP contribution in [0.4, 0.5) is 0 Å². The highest BCUT2D eigenvalue weighted by molar-refractivity contribution is 7.95. The third-order valence-corrected chi connectivity index (χ3v) is 4.39. The van der Waals surface area contributed by atoms with E-state index in [9.17, 15) is 16.8 Å². The van der Waals surface area contributed by atoms with Crippen LogP contribution in [0.2, 0.25) is 0 Å². The van der Waals surface area contributed by atoms with Crippen LogP contribution in [-0.4, -0.2) is 23.1 Å². The zero-order valence-corrected chi connectivity index (χ0v) is 11.1. The normalized spacial score (nSPS) is 23.6. The second-order valence-electron chi connectivity index (χ2n) is 3.71. The average Bonchev–Trinajstić information content (AvgIpc) is 2.12. The maximum atomic E-state index is 10.9. The first-order chi connectivity index (χ1) is 7.85. The highest BCUT2D eigenvalue weighted by Gasteiger charge is 2.37. The monoisotopic (exact) mass is 288 g/mol. The predicted molar refractivity (Wildman–Crippen MR) is 58.3 cm³/mol. The van der Waals surface area contributed by atoms with Crippen molar-refractivity contribution in [3.63, 3.8) is 0 Å². The van der Waals surface area contributed by atoms with Crippen molar-refractivity contribution in [3.8, 4) is 0 Å². The van der Waals surface area contributed by atoms with Gasteiger partial charge in [0.05, 0.1) is 0 Å². The highest BCUT2D eigenvalue weighted by atomic mass is 32.3. The van der Waals surface area contributed by atoms with E-state index in [4.69, 9.17) is 0 Å². The molecule has 0 N–H and O–H groups in total. The van der Waals surface area contributed by atoms with Crippen molar-refractivity contribution in [2.24, 2.45) is 0 Å². The van der Waals surface area contributed by atoms with E-state index < -0.39 is 27.1 Å². The van der Waals surface area contributed by atoms with E-state index in [-0.39, 0.29) is 6.42 Å². The standard InChI is InChI=1S/C8H16O7S2/c1-2-3-4-5-6-7-8-13-16(9,10)15-17(11,12)14-8/h8H,2-7H2,1H3. The Bertz CT molecular complexity index is 391. The van der Waals surface area contributed by atoms with Crippen molar-refractivity contribution in [3.05, 3.63) is 0 Å². The Morgan fingerprint density at radius 3 is 1.94 bits per heavy atom. The minimum atomic E-state index is -4.50. The summed E-state index contributed by atoms with van der Waals surface area (Å²) in [7, 11) is -9.00. The number of unbranched alkanes of at least 4 members (excludes halogenated alkanes) is 4. The van der Waals surface area contributed by atoms with Gasteiger partial charge >= 0.3 is 20.8 Å². The lowest BCUT2D eigenvalue weighted by atomic mass is 10.1. The van der Waals surface area contributed by atoms with Crippen LogP contribution in [0.5, 0.6) is 0 Å². The molecule has 0 radical (unpaired) electrons. The molecule has 0 aromatic rings. The number of hydrogen-bond donors (Lipinski definition) is 0. The second kappa shape index (κ2) is 6.10. The zero-order valence-electron chi connectivity index (χ0n) is 9.49. The van der Waals surface area contributed by atoms with Crippen LogP contribution >= 0.6 is 0 Å². The molecule has 0 unspecified atom stereocenters. The average molecular weight is 288 g/mol. The van der Waals surface area contributed by atoms with Crippen LogP contribution in [0.25, 0.3) is 0 Å². The Morgan fingerprint density at radius 1 is 0.882 bits per heavy atom. The molecule has 0 bridgehead atoms. The molecule has 0 amide bonds. The van der Waals surface area contributed by atoms with Crippen LogP contribution < -0.4 is 0 Å². The van der Waals surface area contributed by atoms with Crippen LogP contribution in [0.3, 0.4) is 0 Å². The minimum Gasteiger partial charge on any atom is -0.214 e. The molecule has 1 fully saturated rings. The van der Waals surface area contributed by atoms with Gasteiger partial charge in [-0.25, -0.2) is 8.37 Å². The topological polar surface area (TPSA) is 96.0 Å². The molecule has 102 valence electrons. The van der Waals surface area contributed by atoms with Gasteiger partial charge in [0.25, 0.3) is 0 Å². The molecule has 0 atom stereocenters. The van der Waals surface area contributed by atoms with E-state index in [1.54, 1.807) is 0 Å². The third-order valence-electron chi connectivity index (χ3n) is 2.16. The molecule has 0 spiro atoms. The summed E-state index contributed by atoms with van der Waals surface area (Å²) in [6, 6.07) is 0. The van der Waals surface area contributed by atoms with Crippen molar-refractivity contribution in [1.82, 2.24) is 0 Å². The van der Waals surface area contributed by atoms with Crippen molar-refractivity contribution >= 4 is 20.8 Å². The van der Waals surface area contributed by atoms with Crippen molar-refractivity contribution < 1.29 is 28.8 Å². The fourth-order valence-electron chi connectivity index (χ4n) is 1.42. The molecule has 1 saturated heterocycles. The van der Waals surface area contributed by atoms with Crippen LogP contribution in [0.15, 0.2) is 0 Å². The van der Waals surface area contributed by atoms with Crippen molar-refractivity contribution in [1.29, 1.82) is 0 Å². The smallest absolute Gasteiger partial charge is 0.214 e. The van der Waals surface area contributed by atoms with Crippen LogP contribution in [0.1, 0.15) is 45.4 Å². The molecule has 0 aromatic heterocycles. The number of rotatable bonds is 6. The Balaban J connectivity index is 2.39. The molecule has 0 aliphatic carbocycles. The molecule has 0 aromatic carbocycles. The molecule has 1 rings (SSSR count). The van der Waals surface area contributed by atoms with Gasteiger partial charge in [0.2, 0.25) is 0 Å². The van der Waals surface area contributed by atoms with Gasteiger partial charge in [-0.05, 0) is 6.42 Å². The van der Waals surface area contributed by atoms with E-state index in [0.29, 0.717) is 6.42 Å². The molecular weight excluding hydrogens is 272 g/mol. The first kappa shape index (κ1) is 14.8. The Hall–Kier alpha value is -0.220. The Morgan fingerprint density at radius 2 is 1.41 bits per heavy atom. The SMILES string of the molecule is CCCCCCCC1OS(=O)(=O)OS(=O)(=O)O1. The van der Waals surface area contributed by atoms with E-state index in [1.165, 1.54) is 0 Å². The first-order valence-electron chi connectivity index (χ1n) is 5.42. The molecule has 17 heavy (non-hydrogen) atoms. The molecular formula is C8H16O7S2. The summed E-state index contributed by atoms with van der Waals surface area (Å²) in [5, 5.41) is 0. The Kier molecular flexibility index (Phi) is 5.32. The van der Waals surface area contributed by atoms with Crippen molar-refractivity contribution in [2.45, 2.75) is 51.7 Å². The maximum Gasteiger partial charge on any atom is 0.418 e. The van der Waals surface area contributed by atoms with Crippen LogP contribution in [-0.2, 0) is 32.8 Å². The van der Waals surface area contributed by atoms with Crippen molar-refractivity contribution in [2.75, 3.05) is 0 Å². The first-order valence-corrected chi connectivity index (χ1v) is 8.09. The van der Waals surface area contributed by atoms with E-state index in [2.05, 4.69) is 18.9 Å². The second-order valence-corrected chi connectivity index (χ2v) is 6.27. The summed E-state index contributed by atoms with van der Waals surface area (Å²) in [5.41, 5.74) is 0. The molecule has 9 heteroatoms. The predicted octanol–water partition coefficient (Wildman–Crippen LogP) is 1.23. The molecule has 0 saturated carbocycles. The molecule has 1 heterocycles. The number of hydrogen-bond acceptors (Lipinski definition) is 7. The summed E-state index contributed by atoms with van der Waals surface area (Å²) in [6.45, 7) is 2.07. The van der Waals surface area contributed by atoms with E-state index in [1.807, 2.05) is 0 Å². The van der Waals surface area contributed by atoms with Gasteiger partial charge in [-0.1, -0.05) is 32.6 Å². The van der Waals surface area contributed by atoms with E-state index in [0.717, 1.165) is 25.7 Å². The molecule has 1 aliphatic rings. The zero-order chi connectivity index (χ0) is 12.9. The summed E-state index contributed by atoms with van der Waals surface area (Å²) >= 11 is 0. The largest absolute Gasteiger partial charge is 0.418 e. The summed E-state index contributed by atoms with van der Waals surface area (Å²) in [4.78, 5) is 0. The van der Waals surface area contributed by atoms with Gasteiger partial charge in [0, 0.05) is 6.42 Å². The van der Waals surface area contributed by atoms with Crippen LogP contribution in [0, 0.1) is 0 Å². The van der Waals surface area contributed by atoms with E-state index >= 15 is 0 Å². The molecule has 7 nitrogen and oxygen atoms in total. The maximum absolute atomic E-state index is 10.9. The van der Waals surface area contributed by atoms with Gasteiger partial charge in [-0.2, -0.15) is 16.8 Å². The Labute approximate surface area is 102 Å². The summed E-state index contributed by atoms with van der Waals surface area (Å²) in [6.07, 6.45) is 3.60. The van der Waals surface area contributed by atoms with Gasteiger partial charge in [-0.3, -0.25) is 0 Å². The lowest BCUT2D eigenvalue weighted by Crippen LogP contribution is -2.34. The van der Waals surface area contributed by atoms with Gasteiger partial charge < -0.3 is 0 Å². The lowest BCUT2D eigenvalue weighted by molar-refractivity contribution is -0.0247. The van der Waals surface area contributed by atoms with Gasteiger partial charge in [-0.15, -0.1) is 3.63 Å². The van der Waals surface area contributed by atoms with Gasteiger partial charge in [0.1, 0.15) is 0 Å². The molecule has 1 aliphatic heterocycles. The summed E-state index contributed by atoms with van der Waals surface area (Å²) < 4.78 is 56.0. The fraction of sp³-hybridized carbons (Fsp3) is 1.00. The lowest BCUT2D eigenvalue weighted by Gasteiger charge is -2.20. The quantitative estimate of drug-likeness (QED) is 0.678. The third kappa shape index (κ3) is 5.77. The fourth-order valence-corrected chi connectivity index (χ4v) is 3.34. The minimum absolute atomic E-state index is 0.200.